The van der Waals surface area contributed by atoms with Gasteiger partial charge < -0.3 is 9.80 Å². The summed E-state index contributed by atoms with van der Waals surface area (Å²) in [6.07, 6.45) is 7.96. The molecule has 0 atom stereocenters. The predicted octanol–water partition coefficient (Wildman–Crippen LogP) is 3.66. The maximum Gasteiger partial charge on any atom is 0.262 e. The number of benzene rings is 1. The highest BCUT2D eigenvalue weighted by molar-refractivity contribution is 6.10. The van der Waals surface area contributed by atoms with Gasteiger partial charge in [-0.05, 0) is 61.3 Å². The van der Waals surface area contributed by atoms with Crippen LogP contribution >= 0.6 is 0 Å². The van der Waals surface area contributed by atoms with E-state index in [2.05, 4.69) is 22.0 Å². The summed E-state index contributed by atoms with van der Waals surface area (Å²) >= 11 is 0. The molecule has 25 heavy (non-hydrogen) atoms. The van der Waals surface area contributed by atoms with Gasteiger partial charge in [0, 0.05) is 31.5 Å². The molecule has 5 rings (SSSR count). The Morgan fingerprint density at radius 3 is 2.80 bits per heavy atom. The van der Waals surface area contributed by atoms with Crippen molar-refractivity contribution in [3.05, 3.63) is 53.7 Å². The van der Waals surface area contributed by atoms with Gasteiger partial charge in [-0.25, -0.2) is 4.98 Å². The van der Waals surface area contributed by atoms with E-state index in [-0.39, 0.29) is 5.91 Å². The average molecular weight is 333 g/mol. The number of anilines is 2. The van der Waals surface area contributed by atoms with Crippen LogP contribution in [0.3, 0.4) is 0 Å². The van der Waals surface area contributed by atoms with Crippen LogP contribution < -0.4 is 9.80 Å². The molecule has 1 aromatic heterocycles. The first kappa shape index (κ1) is 14.9. The van der Waals surface area contributed by atoms with E-state index < -0.39 is 0 Å². The van der Waals surface area contributed by atoms with E-state index in [9.17, 15) is 4.79 Å². The zero-order valence-corrected chi connectivity index (χ0v) is 14.4. The molecule has 0 unspecified atom stereocenters. The smallest absolute Gasteiger partial charge is 0.262 e. The van der Waals surface area contributed by atoms with Gasteiger partial charge in [0.05, 0.1) is 5.56 Å². The Kier molecular flexibility index (Phi) is 3.34. The number of piperidine rings is 1. The van der Waals surface area contributed by atoms with Gasteiger partial charge >= 0.3 is 0 Å². The van der Waals surface area contributed by atoms with Crippen LogP contribution in [0.4, 0.5) is 11.5 Å². The van der Waals surface area contributed by atoms with Crippen molar-refractivity contribution < 1.29 is 4.79 Å². The predicted molar refractivity (Wildman–Crippen MR) is 99.2 cm³/mol. The van der Waals surface area contributed by atoms with Gasteiger partial charge in [-0.3, -0.25) is 4.79 Å². The van der Waals surface area contributed by atoms with Crippen molar-refractivity contribution in [2.75, 3.05) is 29.4 Å². The fourth-order valence-corrected chi connectivity index (χ4v) is 4.48. The summed E-state index contributed by atoms with van der Waals surface area (Å²) in [6.45, 7) is 2.83. The largest absolute Gasteiger partial charge is 0.355 e. The van der Waals surface area contributed by atoms with Gasteiger partial charge in [-0.15, -0.1) is 0 Å². The summed E-state index contributed by atoms with van der Waals surface area (Å²) in [6, 6.07) is 12.1. The number of amides is 1. The van der Waals surface area contributed by atoms with E-state index in [1.807, 2.05) is 35.4 Å². The van der Waals surface area contributed by atoms with Crippen LogP contribution in [-0.4, -0.2) is 30.5 Å². The van der Waals surface area contributed by atoms with Crippen LogP contribution in [0.25, 0.3) is 0 Å². The van der Waals surface area contributed by atoms with Crippen molar-refractivity contribution >= 4 is 17.4 Å². The zero-order chi connectivity index (χ0) is 16.9. The van der Waals surface area contributed by atoms with Crippen LogP contribution in [0.1, 0.15) is 41.6 Å². The number of aromatic nitrogens is 1. The highest BCUT2D eigenvalue weighted by Crippen LogP contribution is 2.52. The molecule has 0 radical (unpaired) electrons. The monoisotopic (exact) mass is 333 g/mol. The third-order valence-electron chi connectivity index (χ3n) is 6.07. The lowest BCUT2D eigenvalue weighted by molar-refractivity contribution is 0.0989. The summed E-state index contributed by atoms with van der Waals surface area (Å²) < 4.78 is 0. The molecule has 3 heterocycles. The highest BCUT2D eigenvalue weighted by atomic mass is 16.2. The van der Waals surface area contributed by atoms with Crippen LogP contribution in [-0.2, 0) is 6.42 Å². The second kappa shape index (κ2) is 5.58. The molecule has 4 nitrogen and oxygen atoms in total. The molecular formula is C21H23N3O. The third kappa shape index (κ3) is 2.51. The minimum absolute atomic E-state index is 0.0865. The second-order valence-corrected chi connectivity index (χ2v) is 7.74. The van der Waals surface area contributed by atoms with Gasteiger partial charge in [0.1, 0.15) is 5.82 Å². The molecule has 1 saturated heterocycles. The Labute approximate surface area is 148 Å². The number of rotatable bonds is 2. The fourth-order valence-electron chi connectivity index (χ4n) is 4.48. The van der Waals surface area contributed by atoms with Crippen LogP contribution in [0.2, 0.25) is 0 Å². The van der Waals surface area contributed by atoms with Gasteiger partial charge in [0.15, 0.2) is 0 Å². The molecule has 2 aliphatic heterocycles. The molecule has 2 fully saturated rings. The molecule has 1 aliphatic carbocycles. The Hall–Kier alpha value is -2.36. The standard InChI is InChI=1S/C21H23N3O/c25-20(24-14-8-16-5-1-2-7-18(16)24)17-6-3-12-22-19(17)23-13-4-9-21(15-23)10-11-21/h1-3,5-7,12H,4,8-11,13-15H2. The molecule has 1 aromatic carbocycles. The van der Waals surface area contributed by atoms with E-state index in [0.29, 0.717) is 5.41 Å². The van der Waals surface area contributed by atoms with E-state index in [4.69, 9.17) is 0 Å². The highest BCUT2D eigenvalue weighted by Gasteiger charge is 2.46. The number of fused-ring (bicyclic) bond motifs is 1. The molecule has 2 aromatic rings. The van der Waals surface area contributed by atoms with Gasteiger partial charge in [-0.1, -0.05) is 18.2 Å². The van der Waals surface area contributed by atoms with E-state index in [0.717, 1.165) is 43.1 Å². The van der Waals surface area contributed by atoms with Crippen molar-refractivity contribution in [2.24, 2.45) is 5.41 Å². The Balaban J connectivity index is 1.47. The molecule has 4 heteroatoms. The van der Waals surface area contributed by atoms with E-state index in [1.54, 1.807) is 0 Å². The Morgan fingerprint density at radius 2 is 1.92 bits per heavy atom. The van der Waals surface area contributed by atoms with Gasteiger partial charge in [0.25, 0.3) is 5.91 Å². The normalized spacial score (nSPS) is 20.6. The van der Waals surface area contributed by atoms with Crippen LogP contribution in [0.5, 0.6) is 0 Å². The van der Waals surface area contributed by atoms with Gasteiger partial charge in [0.2, 0.25) is 0 Å². The minimum atomic E-state index is 0.0865. The molecular weight excluding hydrogens is 310 g/mol. The first-order valence-corrected chi connectivity index (χ1v) is 9.36. The maximum atomic E-state index is 13.3. The van der Waals surface area contributed by atoms with Gasteiger partial charge in [-0.2, -0.15) is 0 Å². The van der Waals surface area contributed by atoms with E-state index in [1.165, 1.54) is 31.2 Å². The first-order chi connectivity index (χ1) is 12.3. The first-order valence-electron chi connectivity index (χ1n) is 9.36. The average Bonchev–Trinajstić information content (AvgIpc) is 3.26. The van der Waals surface area contributed by atoms with Crippen molar-refractivity contribution in [1.82, 2.24) is 4.98 Å². The summed E-state index contributed by atoms with van der Waals surface area (Å²) in [5.74, 6) is 0.964. The number of carbonyl (C=O) groups excluding carboxylic acids is 1. The lowest BCUT2D eigenvalue weighted by Gasteiger charge is -2.35. The molecule has 1 saturated carbocycles. The minimum Gasteiger partial charge on any atom is -0.355 e. The quantitative estimate of drug-likeness (QED) is 0.841. The number of nitrogens with zero attached hydrogens (tertiary/aromatic N) is 3. The van der Waals surface area contributed by atoms with Crippen molar-refractivity contribution in [1.29, 1.82) is 0 Å². The number of para-hydroxylation sites is 1. The molecule has 0 bridgehead atoms. The molecule has 128 valence electrons. The molecule has 3 aliphatic rings. The van der Waals surface area contributed by atoms with Crippen LogP contribution in [0, 0.1) is 5.41 Å². The van der Waals surface area contributed by atoms with Crippen molar-refractivity contribution in [3.63, 3.8) is 0 Å². The Bertz CT molecular complexity index is 827. The van der Waals surface area contributed by atoms with Crippen molar-refractivity contribution in [3.8, 4) is 0 Å². The molecule has 1 amide bonds. The maximum absolute atomic E-state index is 13.3. The Morgan fingerprint density at radius 1 is 1.04 bits per heavy atom. The van der Waals surface area contributed by atoms with Crippen molar-refractivity contribution in [2.45, 2.75) is 32.1 Å². The van der Waals surface area contributed by atoms with Crippen LogP contribution in [0.15, 0.2) is 42.6 Å². The van der Waals surface area contributed by atoms with E-state index >= 15 is 0 Å². The lowest BCUT2D eigenvalue weighted by atomic mass is 9.95. The number of pyridine rings is 1. The lowest BCUT2D eigenvalue weighted by Crippen LogP contribution is -2.39. The molecule has 1 spiro atoms. The summed E-state index contributed by atoms with van der Waals surface area (Å²) in [7, 11) is 0. The third-order valence-corrected chi connectivity index (χ3v) is 6.07. The number of carbonyl (C=O) groups is 1. The zero-order valence-electron chi connectivity index (χ0n) is 14.4. The second-order valence-electron chi connectivity index (χ2n) is 7.74. The molecule has 0 N–H and O–H groups in total. The summed E-state index contributed by atoms with van der Waals surface area (Å²) in [5.41, 5.74) is 3.57. The fraction of sp³-hybridized carbons (Fsp3) is 0.429. The summed E-state index contributed by atoms with van der Waals surface area (Å²) in [4.78, 5) is 22.2. The topological polar surface area (TPSA) is 36.4 Å². The number of hydrogen-bond acceptors (Lipinski definition) is 3. The summed E-state index contributed by atoms with van der Waals surface area (Å²) in [5, 5.41) is 0. The SMILES string of the molecule is O=C(c1cccnc1N1CCCC2(CC2)C1)N1CCc2ccccc21. The number of hydrogen-bond donors (Lipinski definition) is 0.